The van der Waals surface area contributed by atoms with Crippen molar-refractivity contribution in [3.8, 4) is 11.5 Å². The third-order valence-electron chi connectivity index (χ3n) is 2.63. The number of imidazole rings is 1. The summed E-state index contributed by atoms with van der Waals surface area (Å²) >= 11 is 3.41. The molecule has 18 heavy (non-hydrogen) atoms. The Morgan fingerprint density at radius 1 is 1.22 bits per heavy atom. The molecule has 0 fully saturated rings. The molecular weight excluding hydrogens is 294 g/mol. The average molecular weight is 302 g/mol. The number of pyridine rings is 2. The molecule has 0 N–H and O–H groups in total. The fraction of sp³-hybridized carbons (Fsp3) is 0. The summed E-state index contributed by atoms with van der Waals surface area (Å²) in [4.78, 5) is 19.6. The van der Waals surface area contributed by atoms with Crippen LogP contribution in [-0.2, 0) is 0 Å². The highest BCUT2D eigenvalue weighted by Crippen LogP contribution is 2.22. The lowest BCUT2D eigenvalue weighted by Crippen LogP contribution is -1.91. The van der Waals surface area contributed by atoms with Gasteiger partial charge in [-0.1, -0.05) is 6.07 Å². The van der Waals surface area contributed by atoms with Gasteiger partial charge in [0.25, 0.3) is 0 Å². The number of carbonyl (C=O) groups is 1. The maximum absolute atomic E-state index is 11.0. The maximum Gasteiger partial charge on any atom is 0.170 e. The molecule has 0 aromatic carbocycles. The number of hydrogen-bond acceptors (Lipinski definition) is 3. The second-order valence-corrected chi connectivity index (χ2v) is 4.67. The van der Waals surface area contributed by atoms with Gasteiger partial charge in [-0.3, -0.25) is 14.2 Å². The van der Waals surface area contributed by atoms with Crippen molar-refractivity contribution in [1.82, 2.24) is 14.4 Å². The molecule has 3 aromatic heterocycles. The second kappa shape index (κ2) is 4.34. The van der Waals surface area contributed by atoms with Gasteiger partial charge in [0, 0.05) is 16.9 Å². The van der Waals surface area contributed by atoms with E-state index in [1.165, 1.54) is 0 Å². The molecule has 5 heteroatoms. The van der Waals surface area contributed by atoms with Crippen molar-refractivity contribution in [2.75, 3.05) is 0 Å². The summed E-state index contributed by atoms with van der Waals surface area (Å²) in [7, 11) is 0. The Morgan fingerprint density at radius 3 is 2.83 bits per heavy atom. The Kier molecular flexibility index (Phi) is 2.68. The zero-order chi connectivity index (χ0) is 12.5. The quantitative estimate of drug-likeness (QED) is 0.684. The van der Waals surface area contributed by atoms with Crippen LogP contribution < -0.4 is 0 Å². The molecule has 0 saturated carbocycles. The molecule has 0 amide bonds. The predicted molar refractivity (Wildman–Crippen MR) is 71.5 cm³/mol. The van der Waals surface area contributed by atoms with Crippen molar-refractivity contribution >= 4 is 27.7 Å². The van der Waals surface area contributed by atoms with Gasteiger partial charge < -0.3 is 0 Å². The summed E-state index contributed by atoms with van der Waals surface area (Å²) < 4.78 is 2.78. The van der Waals surface area contributed by atoms with Crippen LogP contribution in [0.3, 0.4) is 0 Å². The maximum atomic E-state index is 11.0. The number of carbonyl (C=O) groups excluding carboxylic acids is 1. The van der Waals surface area contributed by atoms with Crippen LogP contribution in [0.15, 0.2) is 47.2 Å². The van der Waals surface area contributed by atoms with E-state index in [9.17, 15) is 4.79 Å². The van der Waals surface area contributed by atoms with E-state index >= 15 is 0 Å². The van der Waals surface area contributed by atoms with E-state index in [0.717, 1.165) is 22.0 Å². The smallest absolute Gasteiger partial charge is 0.170 e. The largest absolute Gasteiger partial charge is 0.297 e. The highest BCUT2D eigenvalue weighted by Gasteiger charge is 2.12. The lowest BCUT2D eigenvalue weighted by molar-refractivity contribution is 0.112. The normalized spacial score (nSPS) is 10.7. The van der Waals surface area contributed by atoms with Gasteiger partial charge in [-0.25, -0.2) is 4.98 Å². The minimum atomic E-state index is 0.420. The van der Waals surface area contributed by atoms with Crippen molar-refractivity contribution < 1.29 is 4.79 Å². The van der Waals surface area contributed by atoms with E-state index in [-0.39, 0.29) is 0 Å². The monoisotopic (exact) mass is 301 g/mol. The van der Waals surface area contributed by atoms with E-state index < -0.39 is 0 Å². The summed E-state index contributed by atoms with van der Waals surface area (Å²) in [6, 6.07) is 9.33. The van der Waals surface area contributed by atoms with Crippen LogP contribution in [0.25, 0.3) is 17.0 Å². The number of aldehydes is 1. The first-order valence-corrected chi connectivity index (χ1v) is 6.13. The number of fused-ring (bicyclic) bond motifs is 1. The standard InChI is InChI=1S/C13H8BrN3O/c14-9-4-5-12-11(8-18)16-13(17(12)7-9)10-3-1-2-6-15-10/h1-8H. The zero-order valence-corrected chi connectivity index (χ0v) is 10.8. The van der Waals surface area contributed by atoms with Crippen molar-refractivity contribution in [2.45, 2.75) is 0 Å². The van der Waals surface area contributed by atoms with Gasteiger partial charge in [-0.05, 0) is 40.2 Å². The molecule has 88 valence electrons. The number of nitrogens with zero attached hydrogens (tertiary/aromatic N) is 3. The second-order valence-electron chi connectivity index (χ2n) is 3.76. The van der Waals surface area contributed by atoms with Gasteiger partial charge in [0.15, 0.2) is 12.1 Å². The Balaban J connectivity index is 2.36. The van der Waals surface area contributed by atoms with E-state index in [1.807, 2.05) is 40.9 Å². The first-order chi connectivity index (χ1) is 8.79. The topological polar surface area (TPSA) is 47.3 Å². The lowest BCUT2D eigenvalue weighted by Gasteiger charge is -2.00. The summed E-state index contributed by atoms with van der Waals surface area (Å²) in [5, 5.41) is 0. The van der Waals surface area contributed by atoms with Crippen molar-refractivity contribution in [2.24, 2.45) is 0 Å². The fourth-order valence-corrected chi connectivity index (χ4v) is 2.18. The van der Waals surface area contributed by atoms with Crippen molar-refractivity contribution in [3.63, 3.8) is 0 Å². The minimum Gasteiger partial charge on any atom is -0.297 e. The van der Waals surface area contributed by atoms with Crippen LogP contribution in [-0.4, -0.2) is 20.7 Å². The van der Waals surface area contributed by atoms with Crippen molar-refractivity contribution in [3.05, 3.63) is 52.9 Å². The molecule has 0 aliphatic rings. The molecule has 0 bridgehead atoms. The third kappa shape index (κ3) is 1.73. The Labute approximate surface area is 111 Å². The molecule has 3 aromatic rings. The van der Waals surface area contributed by atoms with Gasteiger partial charge in [0.1, 0.15) is 11.4 Å². The molecule has 0 aliphatic carbocycles. The van der Waals surface area contributed by atoms with Gasteiger partial charge in [-0.2, -0.15) is 0 Å². The van der Waals surface area contributed by atoms with E-state index in [1.54, 1.807) is 6.20 Å². The molecular formula is C13H8BrN3O. The fourth-order valence-electron chi connectivity index (χ4n) is 1.85. The molecule has 0 radical (unpaired) electrons. The van der Waals surface area contributed by atoms with E-state index in [0.29, 0.717) is 11.5 Å². The number of hydrogen-bond donors (Lipinski definition) is 0. The molecule has 0 spiro atoms. The molecule has 0 saturated heterocycles. The molecule has 4 nitrogen and oxygen atoms in total. The highest BCUT2D eigenvalue weighted by molar-refractivity contribution is 9.10. The minimum absolute atomic E-state index is 0.420. The number of rotatable bonds is 2. The van der Waals surface area contributed by atoms with Gasteiger partial charge in [-0.15, -0.1) is 0 Å². The molecule has 3 heterocycles. The van der Waals surface area contributed by atoms with Crippen LogP contribution in [0.4, 0.5) is 0 Å². The Bertz CT molecular complexity index is 722. The summed E-state index contributed by atoms with van der Waals surface area (Å²) in [5.74, 6) is 0.661. The van der Waals surface area contributed by atoms with Crippen LogP contribution in [0.2, 0.25) is 0 Å². The summed E-state index contributed by atoms with van der Waals surface area (Å²) in [6.07, 6.45) is 4.34. The van der Waals surface area contributed by atoms with Crippen molar-refractivity contribution in [1.29, 1.82) is 0 Å². The van der Waals surface area contributed by atoms with Crippen LogP contribution in [0.5, 0.6) is 0 Å². The number of aromatic nitrogens is 3. The first-order valence-electron chi connectivity index (χ1n) is 5.34. The van der Waals surface area contributed by atoms with Crippen LogP contribution in [0.1, 0.15) is 10.5 Å². The average Bonchev–Trinajstić information content (AvgIpc) is 2.77. The molecule has 0 aliphatic heterocycles. The Hall–Kier alpha value is -2.01. The first kappa shape index (κ1) is 11.1. The lowest BCUT2D eigenvalue weighted by atomic mass is 10.3. The Morgan fingerprint density at radius 2 is 2.11 bits per heavy atom. The van der Waals surface area contributed by atoms with Gasteiger partial charge in [0.2, 0.25) is 0 Å². The van der Waals surface area contributed by atoms with Crippen LogP contribution >= 0.6 is 15.9 Å². The van der Waals surface area contributed by atoms with E-state index in [4.69, 9.17) is 0 Å². The zero-order valence-electron chi connectivity index (χ0n) is 9.25. The molecule has 3 rings (SSSR count). The SMILES string of the molecule is O=Cc1nc(-c2ccccn2)n2cc(Br)ccc12. The summed E-state index contributed by atoms with van der Waals surface area (Å²) in [6.45, 7) is 0. The number of halogens is 1. The molecule has 0 atom stereocenters. The summed E-state index contributed by atoms with van der Waals surface area (Å²) in [5.41, 5.74) is 1.93. The molecule has 0 unspecified atom stereocenters. The van der Waals surface area contributed by atoms with Crippen LogP contribution in [0, 0.1) is 0 Å². The predicted octanol–water partition coefficient (Wildman–Crippen LogP) is 2.97. The van der Waals surface area contributed by atoms with Gasteiger partial charge >= 0.3 is 0 Å². The van der Waals surface area contributed by atoms with E-state index in [2.05, 4.69) is 25.9 Å². The highest BCUT2D eigenvalue weighted by atomic mass is 79.9. The van der Waals surface area contributed by atoms with Gasteiger partial charge in [0.05, 0.1) is 5.52 Å². The third-order valence-corrected chi connectivity index (χ3v) is 3.10.